The molecular formula is C19H17N5O2. The predicted octanol–water partition coefficient (Wildman–Crippen LogP) is 2.65. The van der Waals surface area contributed by atoms with Crippen LogP contribution < -0.4 is 10.2 Å². The Hall–Kier alpha value is -3.48. The molecule has 2 amide bonds. The molecule has 26 heavy (non-hydrogen) atoms. The van der Waals surface area contributed by atoms with Crippen LogP contribution in [-0.2, 0) is 4.79 Å². The van der Waals surface area contributed by atoms with E-state index in [2.05, 4.69) is 15.4 Å². The van der Waals surface area contributed by atoms with Crippen molar-refractivity contribution in [2.24, 2.45) is 0 Å². The summed E-state index contributed by atoms with van der Waals surface area (Å²) in [6.45, 7) is 0.739. The van der Waals surface area contributed by atoms with Crippen molar-refractivity contribution in [3.63, 3.8) is 0 Å². The summed E-state index contributed by atoms with van der Waals surface area (Å²) in [5, 5.41) is 6.92. The van der Waals surface area contributed by atoms with E-state index >= 15 is 0 Å². The normalized spacial score (nSPS) is 13.8. The molecule has 0 saturated carbocycles. The summed E-state index contributed by atoms with van der Waals surface area (Å²) in [6, 6.07) is 14.4. The Bertz CT molecular complexity index is 918. The Morgan fingerprint density at radius 1 is 1.00 bits per heavy atom. The Morgan fingerprint density at radius 3 is 2.35 bits per heavy atom. The quantitative estimate of drug-likeness (QED) is 0.787. The molecule has 1 aliphatic heterocycles. The van der Waals surface area contributed by atoms with Gasteiger partial charge in [-0.3, -0.25) is 9.59 Å². The highest BCUT2D eigenvalue weighted by molar-refractivity contribution is 6.04. The third kappa shape index (κ3) is 3.19. The standard InChI is InChI=1S/C19H17N5O2/c25-18-2-1-11-23(18)16-7-3-14(4-8-16)19(26)22-15-5-9-17(10-6-15)24-13-20-12-21-24/h3-10,12-13H,1-2,11H2,(H,22,26). The van der Waals surface area contributed by atoms with Crippen LogP contribution in [0.5, 0.6) is 0 Å². The number of anilines is 2. The lowest BCUT2D eigenvalue weighted by Gasteiger charge is -2.15. The predicted molar refractivity (Wildman–Crippen MR) is 97.3 cm³/mol. The first kappa shape index (κ1) is 16.0. The minimum atomic E-state index is -0.196. The molecule has 4 rings (SSSR count). The highest BCUT2D eigenvalue weighted by Gasteiger charge is 2.21. The second kappa shape index (κ2) is 6.79. The number of carbonyl (C=O) groups excluding carboxylic acids is 2. The summed E-state index contributed by atoms with van der Waals surface area (Å²) in [6.07, 6.45) is 4.55. The lowest BCUT2D eigenvalue weighted by Crippen LogP contribution is -2.23. The fourth-order valence-corrected chi connectivity index (χ4v) is 2.96. The first-order chi connectivity index (χ1) is 12.7. The molecule has 2 heterocycles. The maximum absolute atomic E-state index is 12.4. The lowest BCUT2D eigenvalue weighted by molar-refractivity contribution is -0.117. The molecular weight excluding hydrogens is 330 g/mol. The molecule has 1 fully saturated rings. The molecule has 7 heteroatoms. The Labute approximate surface area is 150 Å². The van der Waals surface area contributed by atoms with Crippen LogP contribution in [0.15, 0.2) is 61.2 Å². The van der Waals surface area contributed by atoms with Gasteiger partial charge in [0.2, 0.25) is 5.91 Å². The third-order valence-electron chi connectivity index (χ3n) is 4.32. The summed E-state index contributed by atoms with van der Waals surface area (Å²) in [4.78, 5) is 29.9. The number of rotatable bonds is 4. The van der Waals surface area contributed by atoms with Gasteiger partial charge in [-0.2, -0.15) is 5.10 Å². The van der Waals surface area contributed by atoms with Gasteiger partial charge in [-0.15, -0.1) is 0 Å². The van der Waals surface area contributed by atoms with Crippen LogP contribution in [0.25, 0.3) is 5.69 Å². The largest absolute Gasteiger partial charge is 0.322 e. The molecule has 0 atom stereocenters. The zero-order valence-corrected chi connectivity index (χ0v) is 14.0. The molecule has 1 N–H and O–H groups in total. The van der Waals surface area contributed by atoms with Crippen LogP contribution in [0.3, 0.4) is 0 Å². The smallest absolute Gasteiger partial charge is 0.255 e. The Morgan fingerprint density at radius 2 is 1.73 bits per heavy atom. The molecule has 0 radical (unpaired) electrons. The number of amides is 2. The van der Waals surface area contributed by atoms with E-state index in [4.69, 9.17) is 0 Å². The summed E-state index contributed by atoms with van der Waals surface area (Å²) in [5.41, 5.74) is 2.93. The minimum absolute atomic E-state index is 0.134. The van der Waals surface area contributed by atoms with Gasteiger partial charge in [0.05, 0.1) is 5.69 Å². The van der Waals surface area contributed by atoms with Gasteiger partial charge in [-0.25, -0.2) is 9.67 Å². The van der Waals surface area contributed by atoms with Crippen LogP contribution in [-0.4, -0.2) is 33.1 Å². The fourth-order valence-electron chi connectivity index (χ4n) is 2.96. The molecule has 1 aromatic heterocycles. The number of carbonyl (C=O) groups is 2. The zero-order chi connectivity index (χ0) is 17.9. The number of nitrogens with zero attached hydrogens (tertiary/aromatic N) is 4. The highest BCUT2D eigenvalue weighted by Crippen LogP contribution is 2.22. The van der Waals surface area contributed by atoms with E-state index < -0.39 is 0 Å². The SMILES string of the molecule is O=C(Nc1ccc(-n2cncn2)cc1)c1ccc(N2CCCC2=O)cc1. The average Bonchev–Trinajstić information content (AvgIpc) is 3.34. The van der Waals surface area contributed by atoms with Crippen molar-refractivity contribution in [3.05, 3.63) is 66.7 Å². The number of hydrogen-bond donors (Lipinski definition) is 1. The minimum Gasteiger partial charge on any atom is -0.322 e. The Balaban J connectivity index is 1.43. The molecule has 0 spiro atoms. The van der Waals surface area contributed by atoms with E-state index in [-0.39, 0.29) is 11.8 Å². The van der Waals surface area contributed by atoms with E-state index in [1.807, 2.05) is 36.4 Å². The van der Waals surface area contributed by atoms with Gasteiger partial charge in [0.1, 0.15) is 12.7 Å². The van der Waals surface area contributed by atoms with Crippen molar-refractivity contribution in [2.75, 3.05) is 16.8 Å². The van der Waals surface area contributed by atoms with Gasteiger partial charge in [0.25, 0.3) is 5.91 Å². The number of hydrogen-bond acceptors (Lipinski definition) is 4. The second-order valence-corrected chi connectivity index (χ2v) is 6.04. The van der Waals surface area contributed by atoms with Crippen molar-refractivity contribution in [2.45, 2.75) is 12.8 Å². The van der Waals surface area contributed by atoms with Crippen LogP contribution in [0.1, 0.15) is 23.2 Å². The van der Waals surface area contributed by atoms with Gasteiger partial charge < -0.3 is 10.2 Å². The summed E-state index contributed by atoms with van der Waals surface area (Å²) < 4.78 is 1.64. The van der Waals surface area contributed by atoms with Crippen LogP contribution in [0.4, 0.5) is 11.4 Å². The van der Waals surface area contributed by atoms with Crippen LogP contribution in [0.2, 0.25) is 0 Å². The fraction of sp³-hybridized carbons (Fsp3) is 0.158. The van der Waals surface area contributed by atoms with Crippen molar-refractivity contribution in [1.82, 2.24) is 14.8 Å². The molecule has 3 aromatic rings. The second-order valence-electron chi connectivity index (χ2n) is 6.04. The van der Waals surface area contributed by atoms with Gasteiger partial charge in [-0.1, -0.05) is 0 Å². The zero-order valence-electron chi connectivity index (χ0n) is 14.0. The highest BCUT2D eigenvalue weighted by atomic mass is 16.2. The van der Waals surface area contributed by atoms with Crippen molar-refractivity contribution in [3.8, 4) is 5.69 Å². The number of nitrogens with one attached hydrogen (secondary N) is 1. The van der Waals surface area contributed by atoms with E-state index in [1.54, 1.807) is 28.0 Å². The summed E-state index contributed by atoms with van der Waals surface area (Å²) in [7, 11) is 0. The van der Waals surface area contributed by atoms with Crippen molar-refractivity contribution in [1.29, 1.82) is 0 Å². The van der Waals surface area contributed by atoms with E-state index in [0.717, 1.165) is 24.3 Å². The summed E-state index contributed by atoms with van der Waals surface area (Å²) in [5.74, 6) is -0.0625. The molecule has 1 saturated heterocycles. The molecule has 2 aromatic carbocycles. The van der Waals surface area contributed by atoms with E-state index in [1.165, 1.54) is 6.33 Å². The molecule has 0 aliphatic carbocycles. The van der Waals surface area contributed by atoms with Gasteiger partial charge in [-0.05, 0) is 55.0 Å². The number of benzene rings is 2. The monoisotopic (exact) mass is 347 g/mol. The molecule has 0 bridgehead atoms. The maximum atomic E-state index is 12.4. The molecule has 130 valence electrons. The Kier molecular flexibility index (Phi) is 4.18. The van der Waals surface area contributed by atoms with E-state index in [9.17, 15) is 9.59 Å². The van der Waals surface area contributed by atoms with Gasteiger partial charge in [0, 0.05) is 29.9 Å². The first-order valence-corrected chi connectivity index (χ1v) is 8.37. The van der Waals surface area contributed by atoms with Crippen LogP contribution in [0, 0.1) is 0 Å². The first-order valence-electron chi connectivity index (χ1n) is 8.37. The molecule has 7 nitrogen and oxygen atoms in total. The van der Waals surface area contributed by atoms with Crippen molar-refractivity contribution >= 4 is 23.2 Å². The van der Waals surface area contributed by atoms with Crippen molar-refractivity contribution < 1.29 is 9.59 Å². The van der Waals surface area contributed by atoms with Gasteiger partial charge >= 0.3 is 0 Å². The molecule has 0 unspecified atom stereocenters. The van der Waals surface area contributed by atoms with Crippen LogP contribution >= 0.6 is 0 Å². The van der Waals surface area contributed by atoms with Gasteiger partial charge in [0.15, 0.2) is 0 Å². The lowest BCUT2D eigenvalue weighted by atomic mass is 10.1. The summed E-state index contributed by atoms with van der Waals surface area (Å²) >= 11 is 0. The third-order valence-corrected chi connectivity index (χ3v) is 4.32. The van der Waals surface area contributed by atoms with E-state index in [0.29, 0.717) is 17.7 Å². The number of aromatic nitrogens is 3. The topological polar surface area (TPSA) is 80.1 Å². The maximum Gasteiger partial charge on any atom is 0.255 e. The molecule has 1 aliphatic rings. The average molecular weight is 347 g/mol.